The monoisotopic (exact) mass is 430 g/mol. The van der Waals surface area contributed by atoms with E-state index in [-0.39, 0.29) is 16.8 Å². The highest BCUT2D eigenvalue weighted by molar-refractivity contribution is 7.89. The van der Waals surface area contributed by atoms with Crippen molar-refractivity contribution < 1.29 is 35.1 Å². The second-order valence-corrected chi connectivity index (χ2v) is 7.31. The molecule has 0 amide bonds. The summed E-state index contributed by atoms with van der Waals surface area (Å²) in [6.45, 7) is 0. The second-order valence-electron chi connectivity index (χ2n) is 5.78. The number of benzene rings is 2. The van der Waals surface area contributed by atoms with Crippen molar-refractivity contribution in [2.75, 3.05) is 0 Å². The van der Waals surface area contributed by atoms with Crippen molar-refractivity contribution >= 4 is 10.0 Å². The van der Waals surface area contributed by atoms with Crippen molar-refractivity contribution in [3.05, 3.63) is 66.4 Å². The van der Waals surface area contributed by atoms with Crippen LogP contribution in [0.15, 0.2) is 59.6 Å². The van der Waals surface area contributed by atoms with Gasteiger partial charge in [0.2, 0.25) is 10.0 Å². The lowest BCUT2D eigenvalue weighted by Gasteiger charge is -2.12. The van der Waals surface area contributed by atoms with Gasteiger partial charge in [-0.2, -0.15) is 0 Å². The van der Waals surface area contributed by atoms with Gasteiger partial charge in [0, 0.05) is 17.3 Å². The third-order valence-corrected chi connectivity index (χ3v) is 4.72. The first-order valence-corrected chi connectivity index (χ1v) is 9.34. The molecule has 0 saturated carbocycles. The highest BCUT2D eigenvalue weighted by atomic mass is 32.2. The van der Waals surface area contributed by atoms with E-state index >= 15 is 0 Å². The van der Waals surface area contributed by atoms with Crippen LogP contribution >= 0.6 is 0 Å². The van der Waals surface area contributed by atoms with Gasteiger partial charge in [-0.25, -0.2) is 22.3 Å². The minimum Gasteiger partial charge on any atom is -0.406 e. The van der Waals surface area contributed by atoms with Crippen LogP contribution < -0.4 is 9.88 Å². The molecule has 0 saturated heterocycles. The molecule has 2 aromatic carbocycles. The summed E-state index contributed by atoms with van der Waals surface area (Å²) in [6, 6.07) is 8.75. The molecule has 0 radical (unpaired) electrons. The van der Waals surface area contributed by atoms with Gasteiger partial charge in [-0.15, -0.1) is 13.2 Å². The van der Waals surface area contributed by atoms with E-state index in [0.717, 1.165) is 12.1 Å². The Labute approximate surface area is 161 Å². The number of rotatable bonds is 4. The highest BCUT2D eigenvalue weighted by Gasteiger charge is 2.31. The molecule has 152 valence electrons. The predicted octanol–water partition coefficient (Wildman–Crippen LogP) is 4.24. The van der Waals surface area contributed by atoms with Gasteiger partial charge in [-0.3, -0.25) is 4.98 Å². The number of halogens is 5. The Bertz CT molecular complexity index is 1160. The number of primary sulfonamides is 1. The fourth-order valence-corrected chi connectivity index (χ4v) is 3.22. The molecule has 5 nitrogen and oxygen atoms in total. The van der Waals surface area contributed by atoms with Crippen LogP contribution in [0.3, 0.4) is 0 Å². The molecule has 11 heteroatoms. The smallest absolute Gasteiger partial charge is 0.406 e. The summed E-state index contributed by atoms with van der Waals surface area (Å²) in [5.41, 5.74) is 0.223. The highest BCUT2D eigenvalue weighted by Crippen LogP contribution is 2.34. The summed E-state index contributed by atoms with van der Waals surface area (Å²) in [7, 11) is -4.48. The third-order valence-electron chi connectivity index (χ3n) is 3.79. The maximum Gasteiger partial charge on any atom is 0.573 e. The zero-order valence-electron chi connectivity index (χ0n) is 14.2. The molecule has 0 aliphatic heterocycles. The fraction of sp³-hybridized carbons (Fsp3) is 0.0556. The number of pyridine rings is 1. The Balaban J connectivity index is 2.08. The number of nitrogens with two attached hydrogens (primary N) is 1. The van der Waals surface area contributed by atoms with E-state index in [2.05, 4.69) is 9.72 Å². The largest absolute Gasteiger partial charge is 0.573 e. The van der Waals surface area contributed by atoms with Gasteiger partial charge in [0.1, 0.15) is 22.3 Å². The number of sulfonamides is 1. The Morgan fingerprint density at radius 2 is 1.59 bits per heavy atom. The van der Waals surface area contributed by atoms with Gasteiger partial charge in [-0.1, -0.05) is 18.2 Å². The molecule has 0 aliphatic rings. The molecule has 1 heterocycles. The standard InChI is InChI=1S/C18H11F5N2O3S/c19-14-9-16(29(24,26)27)15(20)8-13(14)17-12(2-1-7-25-17)10-3-5-11(6-4-10)28-18(21,22)23/h1-9H,(H2,24,26,27). The number of hydrogen-bond donors (Lipinski definition) is 1. The van der Waals surface area contributed by atoms with Crippen molar-refractivity contribution in [2.24, 2.45) is 5.14 Å². The van der Waals surface area contributed by atoms with E-state index in [9.17, 15) is 30.4 Å². The van der Waals surface area contributed by atoms with Crippen LogP contribution in [0.2, 0.25) is 0 Å². The Morgan fingerprint density at radius 3 is 2.17 bits per heavy atom. The van der Waals surface area contributed by atoms with Gasteiger partial charge < -0.3 is 4.74 Å². The van der Waals surface area contributed by atoms with E-state index in [1.807, 2.05) is 0 Å². The number of hydrogen-bond acceptors (Lipinski definition) is 4. The first kappa shape index (κ1) is 20.7. The Kier molecular flexibility index (Phi) is 5.28. The van der Waals surface area contributed by atoms with Gasteiger partial charge in [-0.05, 0) is 35.9 Å². The summed E-state index contributed by atoms with van der Waals surface area (Å²) >= 11 is 0. The molecule has 3 aromatic rings. The summed E-state index contributed by atoms with van der Waals surface area (Å²) in [5, 5.41) is 4.85. The fourth-order valence-electron chi connectivity index (χ4n) is 2.62. The average Bonchev–Trinajstić information content (AvgIpc) is 2.62. The van der Waals surface area contributed by atoms with Gasteiger partial charge >= 0.3 is 6.36 Å². The Hall–Kier alpha value is -3.05. The SMILES string of the molecule is NS(=O)(=O)c1cc(F)c(-c2ncccc2-c2ccc(OC(F)(F)F)cc2)cc1F. The second kappa shape index (κ2) is 7.41. The molecule has 0 fully saturated rings. The number of aromatic nitrogens is 1. The van der Waals surface area contributed by atoms with Crippen LogP contribution in [0.25, 0.3) is 22.4 Å². The lowest BCUT2D eigenvalue weighted by molar-refractivity contribution is -0.274. The third kappa shape index (κ3) is 4.69. The average molecular weight is 430 g/mol. The number of ether oxygens (including phenoxy) is 1. The lowest BCUT2D eigenvalue weighted by atomic mass is 9.99. The first-order valence-electron chi connectivity index (χ1n) is 7.79. The topological polar surface area (TPSA) is 82.3 Å². The molecular formula is C18H11F5N2O3S. The summed E-state index contributed by atoms with van der Waals surface area (Å²) in [6.07, 6.45) is -3.56. The van der Waals surface area contributed by atoms with Crippen LogP contribution in [0.5, 0.6) is 5.75 Å². The molecule has 3 rings (SSSR count). The van der Waals surface area contributed by atoms with Crippen LogP contribution in [0.4, 0.5) is 22.0 Å². The summed E-state index contributed by atoms with van der Waals surface area (Å²) < 4.78 is 92.0. The predicted molar refractivity (Wildman–Crippen MR) is 93.1 cm³/mol. The molecule has 2 N–H and O–H groups in total. The molecular weight excluding hydrogens is 419 g/mol. The van der Waals surface area contributed by atoms with E-state index in [4.69, 9.17) is 5.14 Å². The van der Waals surface area contributed by atoms with Crippen molar-refractivity contribution in [3.63, 3.8) is 0 Å². The van der Waals surface area contributed by atoms with Crippen molar-refractivity contribution in [1.29, 1.82) is 0 Å². The quantitative estimate of drug-likeness (QED) is 0.628. The van der Waals surface area contributed by atoms with E-state index in [1.54, 1.807) is 0 Å². The van der Waals surface area contributed by atoms with Gasteiger partial charge in [0.25, 0.3) is 0 Å². The minimum atomic E-state index is -4.85. The lowest BCUT2D eigenvalue weighted by Crippen LogP contribution is -2.16. The molecule has 0 atom stereocenters. The molecule has 0 unspecified atom stereocenters. The minimum absolute atomic E-state index is 0.0469. The van der Waals surface area contributed by atoms with Crippen LogP contribution in [0, 0.1) is 11.6 Å². The first-order chi connectivity index (χ1) is 13.5. The van der Waals surface area contributed by atoms with Crippen LogP contribution in [-0.4, -0.2) is 19.8 Å². The molecule has 1 aromatic heterocycles. The maximum absolute atomic E-state index is 14.5. The zero-order valence-corrected chi connectivity index (χ0v) is 15.1. The molecule has 0 bridgehead atoms. The van der Waals surface area contributed by atoms with E-state index in [1.165, 1.54) is 30.5 Å². The van der Waals surface area contributed by atoms with Crippen molar-refractivity contribution in [1.82, 2.24) is 4.98 Å². The molecule has 0 aliphatic carbocycles. The molecule has 29 heavy (non-hydrogen) atoms. The van der Waals surface area contributed by atoms with E-state index < -0.39 is 38.7 Å². The summed E-state index contributed by atoms with van der Waals surface area (Å²) in [5.74, 6) is -2.82. The van der Waals surface area contributed by atoms with Gasteiger partial charge in [0.15, 0.2) is 0 Å². The maximum atomic E-state index is 14.5. The molecule has 0 spiro atoms. The van der Waals surface area contributed by atoms with E-state index in [0.29, 0.717) is 17.7 Å². The van der Waals surface area contributed by atoms with Crippen LogP contribution in [0.1, 0.15) is 0 Å². The summed E-state index contributed by atoms with van der Waals surface area (Å²) in [4.78, 5) is 2.99. The van der Waals surface area contributed by atoms with Gasteiger partial charge in [0.05, 0.1) is 5.69 Å². The Morgan fingerprint density at radius 1 is 0.931 bits per heavy atom. The normalized spacial score (nSPS) is 12.1. The van der Waals surface area contributed by atoms with Crippen molar-refractivity contribution in [3.8, 4) is 28.1 Å². The number of alkyl halides is 3. The zero-order chi connectivity index (χ0) is 21.4. The number of nitrogens with zero attached hydrogens (tertiary/aromatic N) is 1. The van der Waals surface area contributed by atoms with Crippen LogP contribution in [-0.2, 0) is 10.0 Å². The van der Waals surface area contributed by atoms with Crippen molar-refractivity contribution in [2.45, 2.75) is 11.3 Å².